The Bertz CT molecular complexity index is 278. The lowest BCUT2D eigenvalue weighted by molar-refractivity contribution is 0.520. The average Bonchev–Trinajstić information content (AvgIpc) is 2.52. The number of aromatic nitrogens is 4. The molecular weight excluding hydrogens is 186 g/mol. The molecule has 0 atom stereocenters. The first-order valence-corrected chi connectivity index (χ1v) is 4.93. The van der Waals surface area contributed by atoms with Crippen molar-refractivity contribution < 1.29 is 0 Å². The summed E-state index contributed by atoms with van der Waals surface area (Å²) in [6.07, 6.45) is 4.56. The summed E-state index contributed by atoms with van der Waals surface area (Å²) in [7, 11) is 0. The predicted octanol–water partition coefficient (Wildman–Crippen LogP) is 0.855. The van der Waals surface area contributed by atoms with Crippen molar-refractivity contribution in [2.45, 2.75) is 32.2 Å². The van der Waals surface area contributed by atoms with E-state index in [1.54, 1.807) is 4.68 Å². The molecule has 1 heterocycles. The molecule has 0 aliphatic rings. The molecule has 0 saturated carbocycles. The van der Waals surface area contributed by atoms with Crippen molar-refractivity contribution in [1.82, 2.24) is 20.2 Å². The van der Waals surface area contributed by atoms with E-state index in [0.717, 1.165) is 25.9 Å². The number of H-pyrrole nitrogens is 1. The van der Waals surface area contributed by atoms with Crippen LogP contribution in [0.15, 0.2) is 0 Å². The molecule has 0 fully saturated rings. The molecule has 13 heavy (non-hydrogen) atoms. The topological polar surface area (TPSA) is 72.5 Å². The molecule has 5 nitrogen and oxygen atoms in total. The van der Waals surface area contributed by atoms with Crippen molar-refractivity contribution in [2.24, 2.45) is 5.73 Å². The van der Waals surface area contributed by atoms with Gasteiger partial charge in [-0.3, -0.25) is 0 Å². The number of unbranched alkanes of at least 4 members (excludes halogenated alkanes) is 3. The summed E-state index contributed by atoms with van der Waals surface area (Å²) in [6.45, 7) is 1.65. The molecule has 74 valence electrons. The van der Waals surface area contributed by atoms with Gasteiger partial charge in [-0.25, -0.2) is 4.68 Å². The lowest BCUT2D eigenvalue weighted by Gasteiger charge is -2.00. The van der Waals surface area contributed by atoms with Crippen molar-refractivity contribution in [1.29, 1.82) is 0 Å². The summed E-state index contributed by atoms with van der Waals surface area (Å²) in [5.74, 6) is 0. The van der Waals surface area contributed by atoms with E-state index >= 15 is 0 Å². The normalized spacial score (nSPS) is 10.5. The summed E-state index contributed by atoms with van der Waals surface area (Å²) < 4.78 is 2.30. The van der Waals surface area contributed by atoms with Crippen LogP contribution in [0.2, 0.25) is 0 Å². The average molecular weight is 201 g/mol. The van der Waals surface area contributed by atoms with Gasteiger partial charge in [0.25, 0.3) is 0 Å². The van der Waals surface area contributed by atoms with Gasteiger partial charge in [0.15, 0.2) is 0 Å². The maximum atomic E-state index is 5.38. The first-order chi connectivity index (χ1) is 6.34. The molecule has 0 radical (unpaired) electrons. The predicted molar refractivity (Wildman–Crippen MR) is 52.7 cm³/mol. The second-order valence-electron chi connectivity index (χ2n) is 2.94. The van der Waals surface area contributed by atoms with Crippen LogP contribution in [-0.2, 0) is 6.54 Å². The minimum Gasteiger partial charge on any atom is -0.330 e. The number of tetrazole rings is 1. The smallest absolute Gasteiger partial charge is 0.238 e. The van der Waals surface area contributed by atoms with Crippen molar-refractivity contribution in [3.8, 4) is 0 Å². The van der Waals surface area contributed by atoms with E-state index in [1.807, 2.05) is 0 Å². The fourth-order valence-electron chi connectivity index (χ4n) is 1.13. The van der Waals surface area contributed by atoms with Crippen LogP contribution in [0.25, 0.3) is 0 Å². The molecule has 0 aliphatic heterocycles. The van der Waals surface area contributed by atoms with Gasteiger partial charge in [-0.05, 0) is 31.6 Å². The fraction of sp³-hybridized carbons (Fsp3) is 0.857. The zero-order valence-electron chi connectivity index (χ0n) is 7.57. The highest BCUT2D eigenvalue weighted by Gasteiger charge is 1.94. The molecule has 1 aromatic rings. The van der Waals surface area contributed by atoms with Gasteiger partial charge < -0.3 is 5.73 Å². The highest BCUT2D eigenvalue weighted by atomic mass is 32.1. The lowest BCUT2D eigenvalue weighted by Crippen LogP contribution is -2.02. The maximum absolute atomic E-state index is 5.38. The van der Waals surface area contributed by atoms with Crippen molar-refractivity contribution >= 4 is 12.2 Å². The molecule has 0 bridgehead atoms. The Morgan fingerprint density at radius 2 is 2.08 bits per heavy atom. The van der Waals surface area contributed by atoms with E-state index in [-0.39, 0.29) is 0 Å². The summed E-state index contributed by atoms with van der Waals surface area (Å²) >= 11 is 4.92. The zero-order valence-corrected chi connectivity index (χ0v) is 8.39. The van der Waals surface area contributed by atoms with Gasteiger partial charge in [0, 0.05) is 6.54 Å². The van der Waals surface area contributed by atoms with Crippen LogP contribution < -0.4 is 5.73 Å². The third kappa shape index (κ3) is 3.65. The molecule has 0 unspecified atom stereocenters. The standard InChI is InChI=1S/C7H15N5S/c8-5-3-1-2-4-6-12-7(13)9-10-11-12/h1-6,8H2,(H,9,11,13). The molecule has 0 spiro atoms. The molecule has 0 aliphatic carbocycles. The minimum atomic E-state index is 0.527. The summed E-state index contributed by atoms with van der Waals surface area (Å²) in [4.78, 5) is 0. The number of rotatable bonds is 6. The van der Waals surface area contributed by atoms with Gasteiger partial charge in [-0.15, -0.1) is 0 Å². The number of nitrogens with zero attached hydrogens (tertiary/aromatic N) is 3. The van der Waals surface area contributed by atoms with Crippen LogP contribution in [0.4, 0.5) is 0 Å². The molecule has 1 aromatic heterocycles. The second kappa shape index (κ2) is 5.82. The highest BCUT2D eigenvalue weighted by Crippen LogP contribution is 2.00. The van der Waals surface area contributed by atoms with Gasteiger partial charge >= 0.3 is 0 Å². The van der Waals surface area contributed by atoms with Crippen molar-refractivity contribution in [3.63, 3.8) is 0 Å². The first-order valence-electron chi connectivity index (χ1n) is 4.52. The van der Waals surface area contributed by atoms with E-state index in [9.17, 15) is 0 Å². The van der Waals surface area contributed by atoms with Gasteiger partial charge in [0.1, 0.15) is 0 Å². The third-order valence-corrected chi connectivity index (χ3v) is 2.17. The Hall–Kier alpha value is -0.750. The zero-order chi connectivity index (χ0) is 9.52. The number of nitrogens with one attached hydrogen (secondary N) is 1. The quantitative estimate of drug-likeness (QED) is 0.529. The van der Waals surface area contributed by atoms with Gasteiger partial charge in [-0.1, -0.05) is 23.2 Å². The monoisotopic (exact) mass is 201 g/mol. The highest BCUT2D eigenvalue weighted by molar-refractivity contribution is 7.71. The largest absolute Gasteiger partial charge is 0.330 e. The van der Waals surface area contributed by atoms with E-state index in [0.29, 0.717) is 4.77 Å². The summed E-state index contributed by atoms with van der Waals surface area (Å²) in [6, 6.07) is 0. The molecular formula is C7H15N5S. The molecule has 3 N–H and O–H groups in total. The molecule has 1 rings (SSSR count). The Kier molecular flexibility index (Phi) is 4.63. The van der Waals surface area contributed by atoms with Gasteiger partial charge in [0.2, 0.25) is 4.77 Å². The number of hydrogen-bond donors (Lipinski definition) is 2. The number of nitrogens with two attached hydrogens (primary N) is 1. The van der Waals surface area contributed by atoms with Crippen LogP contribution in [0.1, 0.15) is 25.7 Å². The Morgan fingerprint density at radius 1 is 1.31 bits per heavy atom. The Balaban J connectivity index is 2.13. The molecule has 0 saturated heterocycles. The van der Waals surface area contributed by atoms with E-state index in [1.165, 1.54) is 12.8 Å². The molecule has 0 aromatic carbocycles. The van der Waals surface area contributed by atoms with Crippen LogP contribution in [0, 0.1) is 4.77 Å². The number of hydrogen-bond acceptors (Lipinski definition) is 4. The Morgan fingerprint density at radius 3 is 2.69 bits per heavy atom. The Labute approximate surface area is 82.3 Å². The second-order valence-corrected chi connectivity index (χ2v) is 3.30. The molecule has 6 heteroatoms. The lowest BCUT2D eigenvalue weighted by atomic mass is 10.2. The van der Waals surface area contributed by atoms with E-state index in [2.05, 4.69) is 15.5 Å². The summed E-state index contributed by atoms with van der Waals surface area (Å²) in [5, 5.41) is 10.0. The third-order valence-electron chi connectivity index (χ3n) is 1.87. The maximum Gasteiger partial charge on any atom is 0.238 e. The minimum absolute atomic E-state index is 0.527. The van der Waals surface area contributed by atoms with Gasteiger partial charge in [0.05, 0.1) is 0 Å². The SMILES string of the molecule is NCCCCCCn1[nH]nnc1=S. The van der Waals surface area contributed by atoms with Crippen LogP contribution >= 0.6 is 12.2 Å². The van der Waals surface area contributed by atoms with E-state index < -0.39 is 0 Å². The van der Waals surface area contributed by atoms with Crippen molar-refractivity contribution in [3.05, 3.63) is 4.77 Å². The van der Waals surface area contributed by atoms with Crippen LogP contribution in [0.5, 0.6) is 0 Å². The molecule has 0 amide bonds. The number of aryl methyl sites for hydroxylation is 1. The first kappa shape index (κ1) is 10.3. The van der Waals surface area contributed by atoms with Crippen LogP contribution in [-0.4, -0.2) is 26.8 Å². The fourth-order valence-corrected chi connectivity index (χ4v) is 1.30. The van der Waals surface area contributed by atoms with Gasteiger partial charge in [-0.2, -0.15) is 5.21 Å². The van der Waals surface area contributed by atoms with Crippen molar-refractivity contribution in [2.75, 3.05) is 6.54 Å². The summed E-state index contributed by atoms with van der Waals surface area (Å²) in [5.41, 5.74) is 5.38. The number of aromatic amines is 1. The van der Waals surface area contributed by atoms with E-state index in [4.69, 9.17) is 18.0 Å². The van der Waals surface area contributed by atoms with Crippen LogP contribution in [0.3, 0.4) is 0 Å².